The quantitative estimate of drug-likeness (QED) is 0.128. The molecule has 4 saturated carbocycles. The Hall–Kier alpha value is -0.741. The molecule has 7 rings (SSSR count). The van der Waals surface area contributed by atoms with Gasteiger partial charge in [-0.2, -0.15) is 11.1 Å². The number of benzene rings is 1. The van der Waals surface area contributed by atoms with E-state index < -0.39 is 0 Å². The summed E-state index contributed by atoms with van der Waals surface area (Å²) in [5, 5.41) is 3.30. The van der Waals surface area contributed by atoms with Crippen molar-refractivity contribution in [3.63, 3.8) is 0 Å². The summed E-state index contributed by atoms with van der Waals surface area (Å²) in [5.41, 5.74) is 8.83. The molecule has 3 aromatic rings. The fourth-order valence-electron chi connectivity index (χ4n) is 9.91. The fraction of sp³-hybridized carbons (Fsp3) is 0.628. The van der Waals surface area contributed by atoms with Gasteiger partial charge in [-0.1, -0.05) is 128 Å². The third kappa shape index (κ3) is 9.33. The van der Waals surface area contributed by atoms with Gasteiger partial charge < -0.3 is 35.2 Å². The van der Waals surface area contributed by atoms with Crippen LogP contribution in [0.3, 0.4) is 0 Å². The largest absolute Gasteiger partial charge is 0.748 e. The minimum Gasteiger partial charge on any atom is -0.748 e. The van der Waals surface area contributed by atoms with Crippen molar-refractivity contribution < 1.29 is 17.1 Å². The van der Waals surface area contributed by atoms with Crippen LogP contribution >= 0.6 is 17.2 Å². The first kappa shape index (κ1) is 37.5. The maximum atomic E-state index is 3.27. The molecule has 4 aliphatic rings. The molecule has 264 valence electrons. The van der Waals surface area contributed by atoms with Gasteiger partial charge >= 0.3 is 0 Å². The standard InChI is InChI=1S/C38H58NP2.C5H5.Fe/c1-39(2)38(37-34(40)27-33(28-17-7-3-8-18-28)36(37)29-19-9-4-10-20-29)32-25-15-16-26-35(32)41(30-21-11-5-12-22-30)31-23-13-6-14-24-31;1-2-4-5-3-1;/h15-16,25-31,38H,3-14,17-24,40H2,1-2H3;1-5H;/q-1;-5;/t38-;;/m0../s1. The molecule has 1 unspecified atom stereocenters. The zero-order chi connectivity index (χ0) is 31.7. The van der Waals surface area contributed by atoms with Gasteiger partial charge in [-0.05, 0) is 80.7 Å². The molecule has 47 heavy (non-hydrogen) atoms. The SMILES string of the molecule is CN(C)[C@@H](c1ccccc1P(C1CCCCC1)C1CCCCC1)[c-]1c(P)cc(C2CCCCC2)c1C1CCCCC1.[Fe].[cH-]1[cH-][cH-][cH-][cH-]1. The summed E-state index contributed by atoms with van der Waals surface area (Å²) in [6.07, 6.45) is 28.9. The number of rotatable bonds is 8. The summed E-state index contributed by atoms with van der Waals surface area (Å²) in [5.74, 6) is 1.55. The van der Waals surface area contributed by atoms with Crippen LogP contribution in [0.15, 0.2) is 60.7 Å². The molecule has 4 fully saturated rings. The Morgan fingerprint density at radius 2 is 1.11 bits per heavy atom. The molecule has 4 heteroatoms. The van der Waals surface area contributed by atoms with Gasteiger partial charge in [0.15, 0.2) is 0 Å². The Labute approximate surface area is 303 Å². The molecule has 4 aliphatic carbocycles. The molecule has 0 N–H and O–H groups in total. The molecule has 0 aliphatic heterocycles. The molecule has 0 spiro atoms. The Morgan fingerprint density at radius 3 is 1.60 bits per heavy atom. The molecular formula is C43H63FeNP2-6. The van der Waals surface area contributed by atoms with Crippen LogP contribution in [-0.2, 0) is 17.1 Å². The molecule has 0 saturated heterocycles. The van der Waals surface area contributed by atoms with Gasteiger partial charge in [0.05, 0.1) is 0 Å². The van der Waals surface area contributed by atoms with Crippen molar-refractivity contribution in [2.45, 2.75) is 158 Å². The maximum Gasteiger partial charge on any atom is 0.0159 e. The van der Waals surface area contributed by atoms with Crippen molar-refractivity contribution in [1.29, 1.82) is 0 Å². The van der Waals surface area contributed by atoms with Crippen LogP contribution < -0.4 is 10.6 Å². The van der Waals surface area contributed by atoms with Gasteiger partial charge in [0.1, 0.15) is 0 Å². The molecule has 1 nitrogen and oxygen atoms in total. The second kappa shape index (κ2) is 19.0. The average Bonchev–Trinajstić information content (AvgIpc) is 3.80. The van der Waals surface area contributed by atoms with E-state index in [1.165, 1.54) is 134 Å². The van der Waals surface area contributed by atoms with Crippen molar-refractivity contribution in [1.82, 2.24) is 4.90 Å². The Balaban J connectivity index is 0.000000662. The number of nitrogens with zero attached hydrogens (tertiary/aromatic N) is 1. The van der Waals surface area contributed by atoms with Gasteiger partial charge in [-0.3, -0.25) is 0 Å². The van der Waals surface area contributed by atoms with E-state index in [1.54, 1.807) is 22.0 Å². The number of hydrogen-bond acceptors (Lipinski definition) is 1. The van der Waals surface area contributed by atoms with Crippen molar-refractivity contribution in [2.24, 2.45) is 0 Å². The van der Waals surface area contributed by atoms with E-state index in [4.69, 9.17) is 0 Å². The minimum atomic E-state index is -0.133. The van der Waals surface area contributed by atoms with Crippen LogP contribution in [0.5, 0.6) is 0 Å². The van der Waals surface area contributed by atoms with Gasteiger partial charge in [0, 0.05) is 23.1 Å². The van der Waals surface area contributed by atoms with Crippen LogP contribution in [0.1, 0.15) is 169 Å². The van der Waals surface area contributed by atoms with E-state index in [1.807, 2.05) is 35.9 Å². The molecule has 2 atom stereocenters. The first-order valence-corrected chi connectivity index (χ1v) is 21.5. The minimum absolute atomic E-state index is 0. The Bertz CT molecular complexity index is 1250. The molecule has 0 amide bonds. The smallest absolute Gasteiger partial charge is 0.0159 e. The number of hydrogen-bond donors (Lipinski definition) is 0. The Morgan fingerprint density at radius 1 is 0.660 bits per heavy atom. The molecule has 0 aromatic heterocycles. The summed E-state index contributed by atoms with van der Waals surface area (Å²) in [4.78, 5) is 2.61. The predicted molar refractivity (Wildman–Crippen MR) is 207 cm³/mol. The van der Waals surface area contributed by atoms with E-state index in [-0.39, 0.29) is 25.0 Å². The molecule has 3 aromatic carbocycles. The van der Waals surface area contributed by atoms with E-state index in [0.717, 1.165) is 23.2 Å². The molecule has 0 radical (unpaired) electrons. The van der Waals surface area contributed by atoms with Crippen molar-refractivity contribution in [3.8, 4) is 0 Å². The maximum absolute atomic E-state index is 3.27. The van der Waals surface area contributed by atoms with Crippen LogP contribution in [-0.4, -0.2) is 30.3 Å². The van der Waals surface area contributed by atoms with E-state index >= 15 is 0 Å². The van der Waals surface area contributed by atoms with Crippen molar-refractivity contribution in [3.05, 3.63) is 82.9 Å². The summed E-state index contributed by atoms with van der Waals surface area (Å²) >= 11 is 0. The molecule has 0 bridgehead atoms. The first-order valence-electron chi connectivity index (χ1n) is 19.4. The topological polar surface area (TPSA) is 3.24 Å². The van der Waals surface area contributed by atoms with Gasteiger partial charge in [-0.15, -0.1) is 20.1 Å². The third-order valence-corrected chi connectivity index (χ3v) is 16.1. The Kier molecular flexibility index (Phi) is 15.2. The van der Waals surface area contributed by atoms with Gasteiger partial charge in [0.25, 0.3) is 0 Å². The summed E-state index contributed by atoms with van der Waals surface area (Å²) < 4.78 is 0. The normalized spacial score (nSPS) is 21.3. The summed E-state index contributed by atoms with van der Waals surface area (Å²) in [6, 6.07) is 23.0. The van der Waals surface area contributed by atoms with Crippen LogP contribution in [0.2, 0.25) is 0 Å². The second-order valence-corrected chi connectivity index (χ2v) is 18.8. The van der Waals surface area contributed by atoms with Crippen molar-refractivity contribution in [2.75, 3.05) is 14.1 Å². The van der Waals surface area contributed by atoms with E-state index in [2.05, 4.69) is 58.6 Å². The first-order chi connectivity index (χ1) is 22.6. The van der Waals surface area contributed by atoms with Crippen LogP contribution in [0.25, 0.3) is 0 Å². The summed E-state index contributed by atoms with van der Waals surface area (Å²) in [7, 11) is 7.90. The third-order valence-electron chi connectivity index (χ3n) is 12.1. The summed E-state index contributed by atoms with van der Waals surface area (Å²) in [6.45, 7) is 0. The van der Waals surface area contributed by atoms with Gasteiger partial charge in [-0.25, -0.2) is 6.07 Å². The second-order valence-electron chi connectivity index (χ2n) is 15.4. The van der Waals surface area contributed by atoms with E-state index in [9.17, 15) is 0 Å². The average molecular weight is 712 g/mol. The molecule has 0 heterocycles. The van der Waals surface area contributed by atoms with E-state index in [0.29, 0.717) is 6.04 Å². The van der Waals surface area contributed by atoms with Crippen molar-refractivity contribution >= 4 is 27.8 Å². The zero-order valence-electron chi connectivity index (χ0n) is 29.6. The zero-order valence-corrected chi connectivity index (χ0v) is 32.8. The van der Waals surface area contributed by atoms with Crippen LogP contribution in [0.4, 0.5) is 0 Å². The van der Waals surface area contributed by atoms with Gasteiger partial charge in [0.2, 0.25) is 0 Å². The monoisotopic (exact) mass is 711 g/mol. The fourth-order valence-corrected chi connectivity index (χ4v) is 14.4. The predicted octanol–water partition coefficient (Wildman–Crippen LogP) is 11.8. The molecular weight excluding hydrogens is 648 g/mol. The van der Waals surface area contributed by atoms with Crippen LogP contribution in [0, 0.1) is 0 Å².